The molecule has 1 aliphatic heterocycles. The lowest BCUT2D eigenvalue weighted by Crippen LogP contribution is -2.55. The number of amides is 1. The summed E-state index contributed by atoms with van der Waals surface area (Å²) in [6.07, 6.45) is 5.70. The molecule has 2 saturated carbocycles. The van der Waals surface area contributed by atoms with E-state index in [1.54, 1.807) is 30.5 Å². The van der Waals surface area contributed by atoms with Gasteiger partial charge in [-0.3, -0.25) is 4.79 Å². The van der Waals surface area contributed by atoms with Gasteiger partial charge in [0.25, 0.3) is 5.91 Å². The highest BCUT2D eigenvalue weighted by Gasteiger charge is 2.47. The van der Waals surface area contributed by atoms with Gasteiger partial charge in [-0.05, 0) is 62.8 Å². The zero-order chi connectivity index (χ0) is 31.1. The van der Waals surface area contributed by atoms with Crippen molar-refractivity contribution in [2.45, 2.75) is 87.4 Å². The van der Waals surface area contributed by atoms with Crippen LogP contribution >= 0.6 is 0 Å². The molecule has 6 atom stereocenters. The Balaban J connectivity index is 1.09. The Bertz CT molecular complexity index is 1660. The summed E-state index contributed by atoms with van der Waals surface area (Å²) >= 11 is 0. The number of hydrogen-bond donors (Lipinski definition) is 2. The predicted octanol–water partition coefficient (Wildman–Crippen LogP) is 3.71. The van der Waals surface area contributed by atoms with Gasteiger partial charge in [0, 0.05) is 29.6 Å². The topological polar surface area (TPSA) is 131 Å². The Morgan fingerprint density at radius 1 is 0.889 bits per heavy atom. The molecular formula is C32H35F2N7O4. The average Bonchev–Trinajstić information content (AvgIpc) is 3.53. The molecule has 0 unspecified atom stereocenters. The Labute approximate surface area is 258 Å². The van der Waals surface area contributed by atoms with E-state index in [0.29, 0.717) is 28.9 Å². The van der Waals surface area contributed by atoms with Crippen LogP contribution in [0.3, 0.4) is 0 Å². The van der Waals surface area contributed by atoms with E-state index in [9.17, 15) is 23.8 Å². The van der Waals surface area contributed by atoms with E-state index in [1.807, 2.05) is 15.8 Å². The standard InChI is InChI=1S/C32H35F2N7O4/c33-21-6-1-4-19(12-21)26-16-39(37-35-26)24-8-3-9-25(14-24)41(23-10-11-23)32(44)29-15-28(31(43)30(18-42)45-29)40-17-27(36-38-40)20-5-2-7-22(34)13-20/h1-2,4-7,12-13,16-17,23-25,28-31,42-43H,3,8-11,14-15,18H2/t24-,25+,28+,29+,30+,31+/m0/s1. The Kier molecular flexibility index (Phi) is 8.15. The van der Waals surface area contributed by atoms with E-state index in [-0.39, 0.29) is 36.3 Å². The Morgan fingerprint density at radius 2 is 1.53 bits per heavy atom. The summed E-state index contributed by atoms with van der Waals surface area (Å²) in [5, 5.41) is 38.2. The van der Waals surface area contributed by atoms with E-state index < -0.39 is 36.8 Å². The fourth-order valence-corrected chi connectivity index (χ4v) is 6.79. The van der Waals surface area contributed by atoms with Crippen LogP contribution in [-0.4, -0.2) is 88.0 Å². The van der Waals surface area contributed by atoms with Crippen molar-refractivity contribution in [3.8, 4) is 22.5 Å². The average molecular weight is 620 g/mol. The van der Waals surface area contributed by atoms with Gasteiger partial charge in [-0.1, -0.05) is 34.7 Å². The van der Waals surface area contributed by atoms with Crippen molar-refractivity contribution in [3.63, 3.8) is 0 Å². The highest BCUT2D eigenvalue weighted by Crippen LogP contribution is 2.40. The summed E-state index contributed by atoms with van der Waals surface area (Å²) in [6.45, 7) is -0.470. The minimum Gasteiger partial charge on any atom is -0.394 e. The molecule has 0 spiro atoms. The number of aliphatic hydroxyl groups is 2. The first-order valence-corrected chi connectivity index (χ1v) is 15.5. The van der Waals surface area contributed by atoms with Crippen molar-refractivity contribution >= 4 is 5.91 Å². The fraction of sp³-hybridized carbons (Fsp3) is 0.469. The van der Waals surface area contributed by atoms with Gasteiger partial charge in [0.1, 0.15) is 41.3 Å². The van der Waals surface area contributed by atoms with E-state index in [1.165, 1.54) is 28.9 Å². The lowest BCUT2D eigenvalue weighted by molar-refractivity contribution is -0.181. The van der Waals surface area contributed by atoms with Gasteiger partial charge in [0.05, 0.1) is 31.1 Å². The monoisotopic (exact) mass is 619 g/mol. The van der Waals surface area contributed by atoms with Gasteiger partial charge in [0.15, 0.2) is 0 Å². The van der Waals surface area contributed by atoms with Crippen LogP contribution in [0.25, 0.3) is 22.5 Å². The van der Waals surface area contributed by atoms with Gasteiger partial charge in [-0.25, -0.2) is 18.1 Å². The second kappa shape index (κ2) is 12.4. The molecule has 3 heterocycles. The first-order chi connectivity index (χ1) is 21.9. The van der Waals surface area contributed by atoms with Crippen LogP contribution in [0.2, 0.25) is 0 Å². The molecule has 236 valence electrons. The van der Waals surface area contributed by atoms with Crippen LogP contribution < -0.4 is 0 Å². The third-order valence-corrected chi connectivity index (χ3v) is 9.21. The molecule has 13 heteroatoms. The molecule has 0 bridgehead atoms. The van der Waals surface area contributed by atoms with Crippen LogP contribution in [0.15, 0.2) is 60.9 Å². The summed E-state index contributed by atoms with van der Waals surface area (Å²) < 4.78 is 36.9. The van der Waals surface area contributed by atoms with E-state index in [4.69, 9.17) is 4.74 Å². The number of carbonyl (C=O) groups excluding carboxylic acids is 1. The van der Waals surface area contributed by atoms with Crippen LogP contribution in [0.1, 0.15) is 57.0 Å². The SMILES string of the molecule is O=C([C@H]1C[C@@H](n2cc(-c3cccc(F)c3)nn2)[C@@H](O)[C@@H](CO)O1)N(C1CC1)[C@@H]1CCC[C@H](n2cc(-c3cccc(F)c3)nn2)C1. The molecule has 1 amide bonds. The third-order valence-electron chi connectivity index (χ3n) is 9.21. The van der Waals surface area contributed by atoms with E-state index >= 15 is 0 Å². The molecule has 45 heavy (non-hydrogen) atoms. The predicted molar refractivity (Wildman–Crippen MR) is 157 cm³/mol. The van der Waals surface area contributed by atoms with Crippen molar-refractivity contribution < 1.29 is 28.5 Å². The third kappa shape index (κ3) is 6.11. The molecule has 3 aliphatic rings. The molecule has 0 radical (unpaired) electrons. The minimum atomic E-state index is -1.13. The first kappa shape index (κ1) is 29.6. The molecule has 1 saturated heterocycles. The molecular weight excluding hydrogens is 584 g/mol. The van der Waals surface area contributed by atoms with Gasteiger partial charge >= 0.3 is 0 Å². The van der Waals surface area contributed by atoms with Gasteiger partial charge in [-0.2, -0.15) is 0 Å². The number of nitrogens with zero attached hydrogens (tertiary/aromatic N) is 7. The van der Waals surface area contributed by atoms with E-state index in [2.05, 4.69) is 20.6 Å². The molecule has 2 aromatic heterocycles. The second-order valence-corrected chi connectivity index (χ2v) is 12.3. The molecule has 3 fully saturated rings. The van der Waals surface area contributed by atoms with Gasteiger partial charge in [-0.15, -0.1) is 10.2 Å². The van der Waals surface area contributed by atoms with Crippen LogP contribution in [0, 0.1) is 11.6 Å². The summed E-state index contributed by atoms with van der Waals surface area (Å²) in [4.78, 5) is 16.2. The van der Waals surface area contributed by atoms with Crippen molar-refractivity contribution in [2.75, 3.05) is 6.61 Å². The zero-order valence-corrected chi connectivity index (χ0v) is 24.6. The van der Waals surface area contributed by atoms with Crippen molar-refractivity contribution in [1.29, 1.82) is 0 Å². The number of aromatic nitrogens is 6. The number of rotatable bonds is 8. The van der Waals surface area contributed by atoms with Crippen molar-refractivity contribution in [2.24, 2.45) is 0 Å². The maximum atomic E-state index is 14.2. The number of aliphatic hydroxyl groups excluding tert-OH is 2. The first-order valence-electron chi connectivity index (χ1n) is 15.5. The van der Waals surface area contributed by atoms with Crippen LogP contribution in [-0.2, 0) is 9.53 Å². The number of hydrogen-bond acceptors (Lipinski definition) is 8. The summed E-state index contributed by atoms with van der Waals surface area (Å²) in [7, 11) is 0. The quantitative estimate of drug-likeness (QED) is 0.305. The number of carbonyl (C=O) groups is 1. The van der Waals surface area contributed by atoms with Gasteiger partial charge in [0.2, 0.25) is 0 Å². The van der Waals surface area contributed by atoms with Crippen LogP contribution in [0.5, 0.6) is 0 Å². The Hall–Kier alpha value is -4.07. The normalized spacial score (nSPS) is 26.9. The smallest absolute Gasteiger partial charge is 0.252 e. The Morgan fingerprint density at radius 3 is 2.16 bits per heavy atom. The lowest BCUT2D eigenvalue weighted by Gasteiger charge is -2.43. The van der Waals surface area contributed by atoms with Crippen molar-refractivity contribution in [3.05, 3.63) is 72.6 Å². The maximum Gasteiger partial charge on any atom is 0.252 e. The number of halogens is 2. The molecule has 4 aromatic rings. The molecule has 2 aliphatic carbocycles. The summed E-state index contributed by atoms with van der Waals surface area (Å²) in [5.41, 5.74) is 2.22. The molecule has 11 nitrogen and oxygen atoms in total. The summed E-state index contributed by atoms with van der Waals surface area (Å²) in [6, 6.07) is 11.7. The second-order valence-electron chi connectivity index (χ2n) is 12.3. The molecule has 2 N–H and O–H groups in total. The van der Waals surface area contributed by atoms with E-state index in [0.717, 1.165) is 32.1 Å². The highest BCUT2D eigenvalue weighted by atomic mass is 19.1. The largest absolute Gasteiger partial charge is 0.394 e. The minimum absolute atomic E-state index is 0.0241. The van der Waals surface area contributed by atoms with Crippen LogP contribution in [0.4, 0.5) is 8.78 Å². The fourth-order valence-electron chi connectivity index (χ4n) is 6.79. The highest BCUT2D eigenvalue weighted by molar-refractivity contribution is 5.82. The molecule has 2 aromatic carbocycles. The summed E-state index contributed by atoms with van der Waals surface area (Å²) in [5.74, 6) is -0.902. The maximum absolute atomic E-state index is 14.2. The number of benzene rings is 2. The zero-order valence-electron chi connectivity index (χ0n) is 24.6. The molecule has 7 rings (SSSR count). The van der Waals surface area contributed by atoms with Gasteiger partial charge < -0.3 is 19.8 Å². The number of ether oxygens (including phenoxy) is 1. The lowest BCUT2D eigenvalue weighted by atomic mass is 9.88. The van der Waals surface area contributed by atoms with Crippen molar-refractivity contribution in [1.82, 2.24) is 34.9 Å².